The number of carboxylic acids is 1. The van der Waals surface area contributed by atoms with Crippen molar-refractivity contribution >= 4 is 11.8 Å². The van der Waals surface area contributed by atoms with Gasteiger partial charge in [0.25, 0.3) is 5.56 Å². The molecule has 0 amide bonds. The van der Waals surface area contributed by atoms with Crippen LogP contribution in [-0.4, -0.2) is 27.7 Å². The third-order valence-electron chi connectivity index (χ3n) is 4.94. The summed E-state index contributed by atoms with van der Waals surface area (Å²) >= 11 is 0. The lowest BCUT2D eigenvalue weighted by molar-refractivity contribution is -0.137. The van der Waals surface area contributed by atoms with E-state index in [0.29, 0.717) is 17.2 Å². The fourth-order valence-electron chi connectivity index (χ4n) is 3.47. The fraction of sp³-hybridized carbons (Fsp3) is 0.389. The summed E-state index contributed by atoms with van der Waals surface area (Å²) in [5.41, 5.74) is 1.32. The molecule has 0 aliphatic heterocycles. The van der Waals surface area contributed by atoms with E-state index in [4.69, 9.17) is 5.11 Å². The molecule has 1 aromatic carbocycles. The molecule has 1 aliphatic rings. The molecule has 3 rings (SSSR count). The Morgan fingerprint density at radius 2 is 2.00 bits per heavy atom. The number of rotatable bonds is 5. The number of hydrogen-bond acceptors (Lipinski definition) is 4. The first-order valence-electron chi connectivity index (χ1n) is 8.06. The highest BCUT2D eigenvalue weighted by Crippen LogP contribution is 2.47. The van der Waals surface area contributed by atoms with Gasteiger partial charge in [0.15, 0.2) is 0 Å². The second-order valence-electron chi connectivity index (χ2n) is 6.23. The maximum atomic E-state index is 13.0. The van der Waals surface area contributed by atoms with Crippen molar-refractivity contribution in [1.29, 1.82) is 0 Å². The Labute approximate surface area is 140 Å². The molecule has 126 valence electrons. The molecular weight excluding hydrogens is 306 g/mol. The molecule has 1 aromatic heterocycles. The van der Waals surface area contributed by atoms with Crippen LogP contribution in [0.15, 0.2) is 35.1 Å². The van der Waals surface area contributed by atoms with Gasteiger partial charge in [-0.05, 0) is 25.3 Å². The number of benzene rings is 1. The summed E-state index contributed by atoms with van der Waals surface area (Å²) in [6, 6.07) is 9.89. The average Bonchev–Trinajstić information content (AvgIpc) is 2.53. The van der Waals surface area contributed by atoms with Crippen molar-refractivity contribution in [1.82, 2.24) is 9.55 Å². The number of aliphatic carboxylic acids is 1. The fourth-order valence-corrected chi connectivity index (χ4v) is 3.47. The lowest BCUT2D eigenvalue weighted by Gasteiger charge is -2.41. The van der Waals surface area contributed by atoms with E-state index in [1.54, 1.807) is 14.0 Å². The molecule has 0 spiro atoms. The smallest absolute Gasteiger partial charge is 0.323 e. The van der Waals surface area contributed by atoms with E-state index in [-0.39, 0.29) is 12.1 Å². The zero-order chi connectivity index (χ0) is 17.3. The minimum atomic E-state index is -1.04. The normalized spacial score (nSPS) is 15.6. The number of carboxylic acid groups (broad SMARTS) is 1. The summed E-state index contributed by atoms with van der Waals surface area (Å²) in [5, 5.41) is 12.1. The molecule has 2 N–H and O–H groups in total. The van der Waals surface area contributed by atoms with E-state index in [2.05, 4.69) is 10.3 Å². The average molecular weight is 327 g/mol. The summed E-state index contributed by atoms with van der Waals surface area (Å²) < 4.78 is 1.31. The number of nitrogens with zero attached hydrogens (tertiary/aromatic N) is 2. The summed E-state index contributed by atoms with van der Waals surface area (Å²) in [7, 11) is 1.73. The van der Waals surface area contributed by atoms with Crippen molar-refractivity contribution in [3.8, 4) is 0 Å². The Bertz CT molecular complexity index is 823. The highest BCUT2D eigenvalue weighted by Gasteiger charge is 2.44. The molecule has 0 radical (unpaired) electrons. The highest BCUT2D eigenvalue weighted by molar-refractivity contribution is 5.67. The van der Waals surface area contributed by atoms with Gasteiger partial charge in [0.1, 0.15) is 18.1 Å². The van der Waals surface area contributed by atoms with Crippen LogP contribution in [0.1, 0.15) is 36.2 Å². The Balaban J connectivity index is 2.24. The number of anilines is 1. The van der Waals surface area contributed by atoms with E-state index in [1.807, 2.05) is 30.3 Å². The van der Waals surface area contributed by atoms with Crippen LogP contribution >= 0.6 is 0 Å². The Hall–Kier alpha value is -2.63. The second-order valence-corrected chi connectivity index (χ2v) is 6.23. The van der Waals surface area contributed by atoms with Crippen LogP contribution in [0.2, 0.25) is 0 Å². The molecule has 1 saturated carbocycles. The van der Waals surface area contributed by atoms with Crippen LogP contribution in [0.25, 0.3) is 0 Å². The predicted octanol–water partition coefficient (Wildman–Crippen LogP) is 2.15. The largest absolute Gasteiger partial charge is 0.480 e. The number of carbonyl (C=O) groups is 1. The van der Waals surface area contributed by atoms with Crippen LogP contribution in [0, 0.1) is 6.92 Å². The summed E-state index contributed by atoms with van der Waals surface area (Å²) in [6.45, 7) is 1.35. The van der Waals surface area contributed by atoms with E-state index in [9.17, 15) is 9.59 Å². The SMILES string of the molecule is CNc1nc(C2(c3ccccc3)CCC2)c(=O)n(CC(=O)O)c1C. The van der Waals surface area contributed by atoms with Gasteiger partial charge in [-0.2, -0.15) is 0 Å². The number of hydrogen-bond donors (Lipinski definition) is 2. The van der Waals surface area contributed by atoms with E-state index in [1.165, 1.54) is 4.57 Å². The molecule has 0 saturated heterocycles. The first kappa shape index (κ1) is 16.2. The van der Waals surface area contributed by atoms with Crippen LogP contribution < -0.4 is 10.9 Å². The summed E-state index contributed by atoms with van der Waals surface area (Å²) in [5.74, 6) is -0.491. The van der Waals surface area contributed by atoms with E-state index >= 15 is 0 Å². The summed E-state index contributed by atoms with van der Waals surface area (Å²) in [4.78, 5) is 28.8. The van der Waals surface area contributed by atoms with Gasteiger partial charge in [-0.25, -0.2) is 4.98 Å². The van der Waals surface area contributed by atoms with Crippen molar-refractivity contribution < 1.29 is 9.90 Å². The molecule has 24 heavy (non-hydrogen) atoms. The van der Waals surface area contributed by atoms with Gasteiger partial charge in [-0.3, -0.25) is 14.2 Å². The predicted molar refractivity (Wildman–Crippen MR) is 91.5 cm³/mol. The second kappa shape index (κ2) is 6.11. The number of nitrogens with one attached hydrogen (secondary N) is 1. The maximum absolute atomic E-state index is 13.0. The zero-order valence-corrected chi connectivity index (χ0v) is 13.9. The first-order chi connectivity index (χ1) is 11.5. The van der Waals surface area contributed by atoms with Crippen molar-refractivity contribution in [2.24, 2.45) is 0 Å². The number of aromatic nitrogens is 2. The highest BCUT2D eigenvalue weighted by atomic mass is 16.4. The third-order valence-corrected chi connectivity index (χ3v) is 4.94. The molecule has 0 bridgehead atoms. The maximum Gasteiger partial charge on any atom is 0.323 e. The van der Waals surface area contributed by atoms with Crippen molar-refractivity contribution in [3.05, 3.63) is 57.6 Å². The minimum Gasteiger partial charge on any atom is -0.480 e. The van der Waals surface area contributed by atoms with E-state index in [0.717, 1.165) is 24.8 Å². The van der Waals surface area contributed by atoms with Crippen LogP contribution in [-0.2, 0) is 16.8 Å². The van der Waals surface area contributed by atoms with Gasteiger partial charge in [0, 0.05) is 12.5 Å². The summed E-state index contributed by atoms with van der Waals surface area (Å²) in [6.07, 6.45) is 2.72. The van der Waals surface area contributed by atoms with Crippen molar-refractivity contribution in [2.45, 2.75) is 38.1 Å². The lowest BCUT2D eigenvalue weighted by atomic mass is 9.62. The molecule has 1 aliphatic carbocycles. The molecule has 1 heterocycles. The molecule has 2 aromatic rings. The molecule has 6 heteroatoms. The van der Waals surface area contributed by atoms with E-state index < -0.39 is 11.4 Å². The van der Waals surface area contributed by atoms with Crippen LogP contribution in [0.3, 0.4) is 0 Å². The third kappa shape index (κ3) is 2.48. The molecule has 6 nitrogen and oxygen atoms in total. The van der Waals surface area contributed by atoms with Gasteiger partial charge in [-0.15, -0.1) is 0 Å². The van der Waals surface area contributed by atoms with Crippen molar-refractivity contribution in [2.75, 3.05) is 12.4 Å². The zero-order valence-electron chi connectivity index (χ0n) is 13.9. The molecule has 1 fully saturated rings. The topological polar surface area (TPSA) is 84.2 Å². The lowest BCUT2D eigenvalue weighted by Crippen LogP contribution is -2.44. The van der Waals surface area contributed by atoms with Gasteiger partial charge in [-0.1, -0.05) is 36.8 Å². The molecule has 0 atom stereocenters. The van der Waals surface area contributed by atoms with Gasteiger partial charge in [0.2, 0.25) is 0 Å². The van der Waals surface area contributed by atoms with Gasteiger partial charge < -0.3 is 10.4 Å². The van der Waals surface area contributed by atoms with Gasteiger partial charge >= 0.3 is 5.97 Å². The van der Waals surface area contributed by atoms with Gasteiger partial charge in [0.05, 0.1) is 5.69 Å². The Morgan fingerprint density at radius 3 is 2.50 bits per heavy atom. The Morgan fingerprint density at radius 1 is 1.33 bits per heavy atom. The molecule has 0 unspecified atom stereocenters. The van der Waals surface area contributed by atoms with Crippen LogP contribution in [0.5, 0.6) is 0 Å². The quantitative estimate of drug-likeness (QED) is 0.879. The Kier molecular flexibility index (Phi) is 4.13. The van der Waals surface area contributed by atoms with Crippen molar-refractivity contribution in [3.63, 3.8) is 0 Å². The minimum absolute atomic E-state index is 0.308. The monoisotopic (exact) mass is 327 g/mol. The standard InChI is InChI=1S/C18H21N3O3/c1-12-16(19-2)20-15(17(24)21(12)11-14(22)23)18(9-6-10-18)13-7-4-3-5-8-13/h3-5,7-8,19H,6,9-11H2,1-2H3,(H,22,23). The molecular formula is C18H21N3O3. The first-order valence-corrected chi connectivity index (χ1v) is 8.06. The van der Waals surface area contributed by atoms with Crippen LogP contribution in [0.4, 0.5) is 5.82 Å².